The molecular formula is C11H16ClNO2S. The van der Waals surface area contributed by atoms with Gasteiger partial charge in [0.25, 0.3) is 5.91 Å². The van der Waals surface area contributed by atoms with E-state index in [0.717, 1.165) is 0 Å². The number of nitrogens with one attached hydrogen (secondary N) is 1. The van der Waals surface area contributed by atoms with Gasteiger partial charge in [-0.2, -0.15) is 0 Å². The molecule has 0 saturated heterocycles. The average Bonchev–Trinajstić information content (AvgIpc) is 2.48. The standard InChI is InChI=1S/C11H16ClNO2S/c1-10(2,11(3,4)15)13-9(14)7-5-6-8(12)16-7/h5-6,15H,1-4H3,(H,13,14). The van der Waals surface area contributed by atoms with Crippen molar-refractivity contribution in [2.45, 2.75) is 38.8 Å². The maximum absolute atomic E-state index is 11.8. The number of halogens is 1. The van der Waals surface area contributed by atoms with Gasteiger partial charge in [-0.25, -0.2) is 0 Å². The zero-order valence-electron chi connectivity index (χ0n) is 9.80. The first-order valence-electron chi connectivity index (χ1n) is 4.94. The van der Waals surface area contributed by atoms with Crippen LogP contribution in [0, 0.1) is 0 Å². The summed E-state index contributed by atoms with van der Waals surface area (Å²) >= 11 is 6.97. The van der Waals surface area contributed by atoms with Gasteiger partial charge in [0.15, 0.2) is 0 Å². The van der Waals surface area contributed by atoms with Crippen molar-refractivity contribution in [3.05, 3.63) is 21.3 Å². The first-order valence-corrected chi connectivity index (χ1v) is 6.13. The van der Waals surface area contributed by atoms with Crippen LogP contribution in [0.1, 0.15) is 37.4 Å². The van der Waals surface area contributed by atoms with Crippen molar-refractivity contribution in [2.75, 3.05) is 0 Å². The topological polar surface area (TPSA) is 49.3 Å². The average molecular weight is 262 g/mol. The largest absolute Gasteiger partial charge is 0.388 e. The Balaban J connectivity index is 2.79. The molecule has 16 heavy (non-hydrogen) atoms. The molecule has 0 spiro atoms. The molecule has 0 atom stereocenters. The quantitative estimate of drug-likeness (QED) is 0.879. The molecule has 5 heteroatoms. The van der Waals surface area contributed by atoms with Crippen molar-refractivity contribution in [1.29, 1.82) is 0 Å². The second kappa shape index (κ2) is 4.35. The van der Waals surface area contributed by atoms with Crippen LogP contribution >= 0.6 is 22.9 Å². The Labute approximate surface area is 104 Å². The fourth-order valence-electron chi connectivity index (χ4n) is 0.935. The van der Waals surface area contributed by atoms with E-state index in [2.05, 4.69) is 5.32 Å². The van der Waals surface area contributed by atoms with Gasteiger partial charge in [0, 0.05) is 0 Å². The van der Waals surface area contributed by atoms with Crippen molar-refractivity contribution < 1.29 is 9.90 Å². The molecule has 0 aliphatic rings. The number of hydrogen-bond donors (Lipinski definition) is 2. The summed E-state index contributed by atoms with van der Waals surface area (Å²) in [6.07, 6.45) is 0. The van der Waals surface area contributed by atoms with Crippen LogP contribution in [0.3, 0.4) is 0 Å². The van der Waals surface area contributed by atoms with E-state index in [-0.39, 0.29) is 5.91 Å². The van der Waals surface area contributed by atoms with Crippen molar-refractivity contribution >= 4 is 28.8 Å². The minimum absolute atomic E-state index is 0.218. The predicted molar refractivity (Wildman–Crippen MR) is 67.2 cm³/mol. The van der Waals surface area contributed by atoms with E-state index >= 15 is 0 Å². The molecule has 3 nitrogen and oxygen atoms in total. The fourth-order valence-corrected chi connectivity index (χ4v) is 1.87. The molecular weight excluding hydrogens is 246 g/mol. The summed E-state index contributed by atoms with van der Waals surface area (Å²) in [4.78, 5) is 12.4. The summed E-state index contributed by atoms with van der Waals surface area (Å²) in [5, 5.41) is 12.7. The van der Waals surface area contributed by atoms with E-state index in [0.29, 0.717) is 9.21 Å². The summed E-state index contributed by atoms with van der Waals surface area (Å²) in [5.74, 6) is -0.218. The molecule has 0 aromatic carbocycles. The summed E-state index contributed by atoms with van der Waals surface area (Å²) in [7, 11) is 0. The van der Waals surface area contributed by atoms with Crippen LogP contribution in [0.5, 0.6) is 0 Å². The Bertz CT molecular complexity index is 393. The second-order valence-corrected chi connectivity index (χ2v) is 6.46. The molecule has 0 radical (unpaired) electrons. The van der Waals surface area contributed by atoms with Gasteiger partial charge in [-0.3, -0.25) is 4.79 Å². The Kier molecular flexibility index (Phi) is 3.67. The molecule has 1 heterocycles. The van der Waals surface area contributed by atoms with Crippen LogP contribution in [-0.2, 0) is 0 Å². The highest BCUT2D eigenvalue weighted by molar-refractivity contribution is 7.18. The number of hydrogen-bond acceptors (Lipinski definition) is 3. The lowest BCUT2D eigenvalue weighted by Gasteiger charge is -2.37. The van der Waals surface area contributed by atoms with E-state index in [1.807, 2.05) is 0 Å². The third-order valence-corrected chi connectivity index (χ3v) is 3.98. The van der Waals surface area contributed by atoms with Crippen LogP contribution < -0.4 is 5.32 Å². The van der Waals surface area contributed by atoms with E-state index in [4.69, 9.17) is 11.6 Å². The summed E-state index contributed by atoms with van der Waals surface area (Å²) in [6, 6.07) is 3.35. The van der Waals surface area contributed by atoms with E-state index in [1.54, 1.807) is 39.8 Å². The highest BCUT2D eigenvalue weighted by Crippen LogP contribution is 2.24. The first-order chi connectivity index (χ1) is 7.13. The third kappa shape index (κ3) is 2.97. The Morgan fingerprint density at radius 3 is 2.31 bits per heavy atom. The molecule has 1 rings (SSSR count). The third-order valence-electron chi connectivity index (χ3n) is 2.75. The Hall–Kier alpha value is -0.580. The van der Waals surface area contributed by atoms with Gasteiger partial charge in [-0.05, 0) is 39.8 Å². The van der Waals surface area contributed by atoms with E-state index < -0.39 is 11.1 Å². The SMILES string of the molecule is CC(C)(O)C(C)(C)NC(=O)c1ccc(Cl)s1. The van der Waals surface area contributed by atoms with Crippen molar-refractivity contribution in [3.8, 4) is 0 Å². The first kappa shape index (κ1) is 13.5. The van der Waals surface area contributed by atoms with Gasteiger partial charge in [0.1, 0.15) is 0 Å². The number of carbonyl (C=O) groups excluding carboxylic acids is 1. The smallest absolute Gasteiger partial charge is 0.261 e. The summed E-state index contributed by atoms with van der Waals surface area (Å²) < 4.78 is 0.575. The molecule has 1 amide bonds. The maximum Gasteiger partial charge on any atom is 0.261 e. The Morgan fingerprint density at radius 1 is 1.38 bits per heavy atom. The highest BCUT2D eigenvalue weighted by atomic mass is 35.5. The van der Waals surface area contributed by atoms with Crippen LogP contribution in [-0.4, -0.2) is 22.2 Å². The number of amides is 1. The zero-order chi connectivity index (χ0) is 12.6. The van der Waals surface area contributed by atoms with Gasteiger partial charge in [-0.15, -0.1) is 11.3 Å². The van der Waals surface area contributed by atoms with Crippen LogP contribution in [0.25, 0.3) is 0 Å². The molecule has 0 saturated carbocycles. The van der Waals surface area contributed by atoms with Gasteiger partial charge >= 0.3 is 0 Å². The lowest BCUT2D eigenvalue weighted by molar-refractivity contribution is -0.00284. The number of carbonyl (C=O) groups is 1. The minimum atomic E-state index is -0.996. The van der Waals surface area contributed by atoms with Gasteiger partial charge in [0.05, 0.1) is 20.4 Å². The van der Waals surface area contributed by atoms with Crippen LogP contribution in [0.15, 0.2) is 12.1 Å². The molecule has 0 aliphatic carbocycles. The highest BCUT2D eigenvalue weighted by Gasteiger charge is 2.36. The normalized spacial score (nSPS) is 12.6. The number of rotatable bonds is 3. The monoisotopic (exact) mass is 261 g/mol. The predicted octanol–water partition coefficient (Wildman–Crippen LogP) is 2.68. The molecule has 0 aliphatic heterocycles. The molecule has 2 N–H and O–H groups in total. The summed E-state index contributed by atoms with van der Waals surface area (Å²) in [6.45, 7) is 6.88. The molecule has 1 aromatic heterocycles. The Morgan fingerprint density at radius 2 is 1.94 bits per heavy atom. The minimum Gasteiger partial charge on any atom is -0.388 e. The number of aliphatic hydroxyl groups is 1. The molecule has 0 bridgehead atoms. The van der Waals surface area contributed by atoms with Gasteiger partial charge < -0.3 is 10.4 Å². The van der Waals surface area contributed by atoms with E-state index in [1.165, 1.54) is 11.3 Å². The lowest BCUT2D eigenvalue weighted by atomic mass is 9.86. The van der Waals surface area contributed by atoms with Crippen LogP contribution in [0.2, 0.25) is 4.34 Å². The van der Waals surface area contributed by atoms with Gasteiger partial charge in [-0.1, -0.05) is 11.6 Å². The van der Waals surface area contributed by atoms with Crippen molar-refractivity contribution in [2.24, 2.45) is 0 Å². The van der Waals surface area contributed by atoms with Crippen molar-refractivity contribution in [3.63, 3.8) is 0 Å². The maximum atomic E-state index is 11.8. The van der Waals surface area contributed by atoms with E-state index in [9.17, 15) is 9.90 Å². The molecule has 0 unspecified atom stereocenters. The van der Waals surface area contributed by atoms with Crippen molar-refractivity contribution in [1.82, 2.24) is 5.32 Å². The molecule has 1 aromatic rings. The zero-order valence-corrected chi connectivity index (χ0v) is 11.4. The second-order valence-electron chi connectivity index (χ2n) is 4.74. The lowest BCUT2D eigenvalue weighted by Crippen LogP contribution is -2.57. The molecule has 0 fully saturated rings. The molecule has 90 valence electrons. The number of thiophene rings is 1. The van der Waals surface area contributed by atoms with Crippen LogP contribution in [0.4, 0.5) is 0 Å². The fraction of sp³-hybridized carbons (Fsp3) is 0.545. The van der Waals surface area contributed by atoms with Gasteiger partial charge in [0.2, 0.25) is 0 Å². The summed E-state index contributed by atoms with van der Waals surface area (Å²) in [5.41, 5.74) is -1.70.